The van der Waals surface area contributed by atoms with Crippen LogP contribution in [0.1, 0.15) is 11.3 Å². The number of para-hydroxylation sites is 1. The molecule has 0 bridgehead atoms. The predicted octanol–water partition coefficient (Wildman–Crippen LogP) is 2.59. The molecule has 0 fully saturated rings. The first kappa shape index (κ1) is 11.5. The zero-order valence-corrected chi connectivity index (χ0v) is 9.82. The van der Waals surface area contributed by atoms with E-state index >= 15 is 0 Å². The third kappa shape index (κ3) is 2.38. The summed E-state index contributed by atoms with van der Waals surface area (Å²) in [6, 6.07) is 7.93. The molecule has 1 amide bonds. The van der Waals surface area contributed by atoms with Gasteiger partial charge in [-0.1, -0.05) is 24.8 Å². The number of rotatable bonds is 4. The number of nitrogens with one attached hydrogen (secondary N) is 1. The number of benzene rings is 1. The molecule has 0 unspecified atom stereocenters. The van der Waals surface area contributed by atoms with E-state index in [1.165, 1.54) is 6.08 Å². The summed E-state index contributed by atoms with van der Waals surface area (Å²) in [4.78, 5) is 11.0. The van der Waals surface area contributed by atoms with Crippen LogP contribution in [-0.2, 0) is 11.2 Å². The molecule has 2 aromatic rings. The van der Waals surface area contributed by atoms with Crippen molar-refractivity contribution >= 4 is 16.9 Å². The van der Waals surface area contributed by atoms with Gasteiger partial charge in [0, 0.05) is 17.5 Å². The molecule has 0 atom stereocenters. The van der Waals surface area contributed by atoms with Crippen molar-refractivity contribution in [3.63, 3.8) is 0 Å². The summed E-state index contributed by atoms with van der Waals surface area (Å²) in [5.74, 6) is 0.773. The van der Waals surface area contributed by atoms with Crippen LogP contribution in [0.25, 0.3) is 11.0 Å². The van der Waals surface area contributed by atoms with Gasteiger partial charge in [0.1, 0.15) is 11.3 Å². The van der Waals surface area contributed by atoms with Gasteiger partial charge in [0.25, 0.3) is 0 Å². The Hall–Kier alpha value is -2.03. The minimum absolute atomic E-state index is 0.143. The first-order valence-corrected chi connectivity index (χ1v) is 5.59. The Morgan fingerprint density at radius 1 is 1.47 bits per heavy atom. The lowest BCUT2D eigenvalue weighted by Gasteiger charge is -2.01. The van der Waals surface area contributed by atoms with Gasteiger partial charge >= 0.3 is 0 Å². The molecule has 0 saturated heterocycles. The third-order valence-corrected chi connectivity index (χ3v) is 2.76. The molecule has 2 rings (SSSR count). The number of furan rings is 1. The van der Waals surface area contributed by atoms with E-state index < -0.39 is 0 Å². The Balaban J connectivity index is 2.15. The molecule has 0 aliphatic carbocycles. The molecule has 0 radical (unpaired) electrons. The average molecular weight is 229 g/mol. The average Bonchev–Trinajstić information content (AvgIpc) is 2.66. The fourth-order valence-electron chi connectivity index (χ4n) is 1.91. The Bertz CT molecular complexity index is 554. The predicted molar refractivity (Wildman–Crippen MR) is 67.9 cm³/mol. The fraction of sp³-hybridized carbons (Fsp3) is 0.214. The van der Waals surface area contributed by atoms with E-state index in [4.69, 9.17) is 4.42 Å². The first-order chi connectivity index (χ1) is 8.22. The maximum atomic E-state index is 11.0. The van der Waals surface area contributed by atoms with Gasteiger partial charge < -0.3 is 9.73 Å². The zero-order chi connectivity index (χ0) is 12.3. The molecule has 0 saturated carbocycles. The SMILES string of the molecule is C=CC(=O)NCCc1c(C)oc2ccccc12. The third-order valence-electron chi connectivity index (χ3n) is 2.76. The van der Waals surface area contributed by atoms with Crippen molar-refractivity contribution in [3.05, 3.63) is 48.2 Å². The molecule has 1 N–H and O–H groups in total. The van der Waals surface area contributed by atoms with E-state index in [0.717, 1.165) is 28.7 Å². The number of aryl methyl sites for hydroxylation is 1. The van der Waals surface area contributed by atoms with Gasteiger partial charge in [0.2, 0.25) is 5.91 Å². The van der Waals surface area contributed by atoms with Gasteiger partial charge in [-0.25, -0.2) is 0 Å². The molecule has 88 valence electrons. The van der Waals surface area contributed by atoms with Crippen molar-refractivity contribution in [2.75, 3.05) is 6.54 Å². The molecule has 1 aromatic heterocycles. The van der Waals surface area contributed by atoms with Crippen molar-refractivity contribution in [3.8, 4) is 0 Å². The Morgan fingerprint density at radius 3 is 3.00 bits per heavy atom. The maximum Gasteiger partial charge on any atom is 0.243 e. The van der Waals surface area contributed by atoms with Crippen molar-refractivity contribution in [1.82, 2.24) is 5.32 Å². The van der Waals surface area contributed by atoms with Crippen LogP contribution in [0, 0.1) is 6.92 Å². The molecule has 3 heteroatoms. The number of hydrogen-bond acceptors (Lipinski definition) is 2. The van der Waals surface area contributed by atoms with E-state index in [1.54, 1.807) is 0 Å². The monoisotopic (exact) mass is 229 g/mol. The summed E-state index contributed by atoms with van der Waals surface area (Å²) in [6.45, 7) is 5.95. The molecule has 1 heterocycles. The van der Waals surface area contributed by atoms with Gasteiger partial charge in [-0.15, -0.1) is 0 Å². The normalized spacial score (nSPS) is 10.4. The van der Waals surface area contributed by atoms with E-state index in [0.29, 0.717) is 6.54 Å². The highest BCUT2D eigenvalue weighted by Gasteiger charge is 2.09. The largest absolute Gasteiger partial charge is 0.461 e. The van der Waals surface area contributed by atoms with Gasteiger partial charge in [-0.3, -0.25) is 4.79 Å². The van der Waals surface area contributed by atoms with Crippen molar-refractivity contribution in [2.45, 2.75) is 13.3 Å². The lowest BCUT2D eigenvalue weighted by atomic mass is 10.1. The number of hydrogen-bond donors (Lipinski definition) is 1. The second-order valence-corrected chi connectivity index (χ2v) is 3.88. The summed E-state index contributed by atoms with van der Waals surface area (Å²) in [5, 5.41) is 3.89. The van der Waals surface area contributed by atoms with E-state index in [-0.39, 0.29) is 5.91 Å². The number of amides is 1. The second kappa shape index (κ2) is 4.87. The summed E-state index contributed by atoms with van der Waals surface area (Å²) in [6.07, 6.45) is 2.04. The van der Waals surface area contributed by atoms with Crippen LogP contribution < -0.4 is 5.32 Å². The molecule has 3 nitrogen and oxygen atoms in total. The Labute approximate surface area is 100 Å². The second-order valence-electron chi connectivity index (χ2n) is 3.88. The van der Waals surface area contributed by atoms with Crippen molar-refractivity contribution in [1.29, 1.82) is 0 Å². The highest BCUT2D eigenvalue weighted by atomic mass is 16.3. The smallest absolute Gasteiger partial charge is 0.243 e. The van der Waals surface area contributed by atoms with E-state index in [2.05, 4.69) is 11.9 Å². The molecule has 0 aliphatic rings. The zero-order valence-electron chi connectivity index (χ0n) is 9.82. The molecule has 1 aromatic carbocycles. The van der Waals surface area contributed by atoms with Crippen LogP contribution in [0.2, 0.25) is 0 Å². The van der Waals surface area contributed by atoms with Crippen molar-refractivity contribution < 1.29 is 9.21 Å². The fourth-order valence-corrected chi connectivity index (χ4v) is 1.91. The molecular weight excluding hydrogens is 214 g/mol. The number of fused-ring (bicyclic) bond motifs is 1. The number of carbonyl (C=O) groups is 1. The highest BCUT2D eigenvalue weighted by Crippen LogP contribution is 2.25. The summed E-state index contributed by atoms with van der Waals surface area (Å²) in [5.41, 5.74) is 2.06. The minimum Gasteiger partial charge on any atom is -0.461 e. The highest BCUT2D eigenvalue weighted by molar-refractivity contribution is 5.87. The van der Waals surface area contributed by atoms with Gasteiger partial charge in [-0.05, 0) is 25.5 Å². The first-order valence-electron chi connectivity index (χ1n) is 5.59. The van der Waals surface area contributed by atoms with Crippen LogP contribution in [0.4, 0.5) is 0 Å². The Kier molecular flexibility index (Phi) is 3.28. The van der Waals surface area contributed by atoms with Crippen LogP contribution in [0.5, 0.6) is 0 Å². The summed E-state index contributed by atoms with van der Waals surface area (Å²) in [7, 11) is 0. The quantitative estimate of drug-likeness (QED) is 0.819. The lowest BCUT2D eigenvalue weighted by molar-refractivity contribution is -0.116. The molecule has 0 aliphatic heterocycles. The van der Waals surface area contributed by atoms with E-state index in [1.807, 2.05) is 31.2 Å². The van der Waals surface area contributed by atoms with Gasteiger partial charge in [-0.2, -0.15) is 0 Å². The number of carbonyl (C=O) groups excluding carboxylic acids is 1. The van der Waals surface area contributed by atoms with Gasteiger partial charge in [0.15, 0.2) is 0 Å². The van der Waals surface area contributed by atoms with Gasteiger partial charge in [0.05, 0.1) is 0 Å². The molecular formula is C14H15NO2. The topological polar surface area (TPSA) is 42.2 Å². The summed E-state index contributed by atoms with van der Waals surface area (Å²) >= 11 is 0. The summed E-state index contributed by atoms with van der Waals surface area (Å²) < 4.78 is 5.65. The minimum atomic E-state index is -0.143. The standard InChI is InChI=1S/C14H15NO2/c1-3-14(16)15-9-8-11-10(2)17-13-7-5-4-6-12(11)13/h3-7H,1,8-9H2,2H3,(H,15,16). The van der Waals surface area contributed by atoms with Crippen LogP contribution in [0.3, 0.4) is 0 Å². The van der Waals surface area contributed by atoms with Crippen LogP contribution in [-0.4, -0.2) is 12.5 Å². The molecule has 17 heavy (non-hydrogen) atoms. The van der Waals surface area contributed by atoms with Crippen LogP contribution in [0.15, 0.2) is 41.3 Å². The van der Waals surface area contributed by atoms with Crippen LogP contribution >= 0.6 is 0 Å². The maximum absolute atomic E-state index is 11.0. The molecule has 0 spiro atoms. The van der Waals surface area contributed by atoms with Crippen molar-refractivity contribution in [2.24, 2.45) is 0 Å². The lowest BCUT2D eigenvalue weighted by Crippen LogP contribution is -2.23. The Morgan fingerprint density at radius 2 is 2.24 bits per heavy atom. The van der Waals surface area contributed by atoms with E-state index in [9.17, 15) is 4.79 Å².